The number of aryl methyl sites for hydroxylation is 1. The van der Waals surface area contributed by atoms with Crippen molar-refractivity contribution in [2.45, 2.75) is 63.3 Å². The molecule has 18 heavy (non-hydrogen) atoms. The van der Waals surface area contributed by atoms with Gasteiger partial charge < -0.3 is 4.57 Å². The quantitative estimate of drug-likeness (QED) is 0.739. The maximum Gasteiger partial charge on any atom is 0.108 e. The molecule has 6 rings (SSSR count). The van der Waals surface area contributed by atoms with E-state index in [9.17, 15) is 0 Å². The van der Waals surface area contributed by atoms with Crippen molar-refractivity contribution in [3.8, 4) is 0 Å². The molecule has 0 atom stereocenters. The summed E-state index contributed by atoms with van der Waals surface area (Å²) in [5.41, 5.74) is 2.18. The standard InChI is InChI=1S/C16H22N2/c1-2-15-17-10-14(18(15)3-1)16-7-11-4-12(8-16)6-13(5-11)9-16/h10-13H,1-9H2. The molecule has 1 aliphatic heterocycles. The number of hydrogen-bond donors (Lipinski definition) is 0. The minimum absolute atomic E-state index is 0.546. The third-order valence-corrected chi connectivity index (χ3v) is 6.30. The highest BCUT2D eigenvalue weighted by molar-refractivity contribution is 5.25. The van der Waals surface area contributed by atoms with Crippen LogP contribution < -0.4 is 0 Å². The van der Waals surface area contributed by atoms with E-state index in [4.69, 9.17) is 4.98 Å². The smallest absolute Gasteiger partial charge is 0.108 e. The van der Waals surface area contributed by atoms with E-state index >= 15 is 0 Å². The first-order valence-corrected chi connectivity index (χ1v) is 7.87. The van der Waals surface area contributed by atoms with Crippen molar-refractivity contribution in [1.82, 2.24) is 9.55 Å². The molecule has 0 amide bonds. The van der Waals surface area contributed by atoms with Crippen LogP contribution in [0.1, 0.15) is 56.5 Å². The molecule has 4 fully saturated rings. The van der Waals surface area contributed by atoms with E-state index in [-0.39, 0.29) is 0 Å². The van der Waals surface area contributed by atoms with Crippen LogP contribution >= 0.6 is 0 Å². The second-order valence-electron chi connectivity index (χ2n) is 7.51. The van der Waals surface area contributed by atoms with Crippen LogP contribution in [0.3, 0.4) is 0 Å². The van der Waals surface area contributed by atoms with Gasteiger partial charge in [-0.3, -0.25) is 0 Å². The summed E-state index contributed by atoms with van der Waals surface area (Å²) in [4.78, 5) is 4.72. The Labute approximate surface area is 109 Å². The Morgan fingerprint density at radius 2 is 1.72 bits per heavy atom. The molecule has 0 N–H and O–H groups in total. The van der Waals surface area contributed by atoms with Gasteiger partial charge in [0.1, 0.15) is 5.82 Å². The van der Waals surface area contributed by atoms with Gasteiger partial charge in [0.25, 0.3) is 0 Å². The average Bonchev–Trinajstić information content (AvgIpc) is 2.87. The SMILES string of the molecule is c1nc2n(c1C13CC4CC(CC(C4)C1)C3)CCC2. The molecule has 4 aliphatic carbocycles. The van der Waals surface area contributed by atoms with Crippen molar-refractivity contribution in [2.24, 2.45) is 17.8 Å². The van der Waals surface area contributed by atoms with Crippen LogP contribution in [0.2, 0.25) is 0 Å². The van der Waals surface area contributed by atoms with Crippen molar-refractivity contribution >= 4 is 0 Å². The number of rotatable bonds is 1. The van der Waals surface area contributed by atoms with E-state index in [1.807, 2.05) is 0 Å². The molecule has 0 spiro atoms. The van der Waals surface area contributed by atoms with Gasteiger partial charge in [-0.25, -0.2) is 4.98 Å². The summed E-state index contributed by atoms with van der Waals surface area (Å²) in [6, 6.07) is 0. The molecule has 4 bridgehead atoms. The Balaban J connectivity index is 1.62. The van der Waals surface area contributed by atoms with Crippen molar-refractivity contribution < 1.29 is 0 Å². The molecule has 0 aromatic carbocycles. The second kappa shape index (κ2) is 3.20. The molecule has 96 valence electrons. The first-order valence-electron chi connectivity index (χ1n) is 7.87. The van der Waals surface area contributed by atoms with Crippen molar-refractivity contribution in [1.29, 1.82) is 0 Å². The highest BCUT2D eigenvalue weighted by Gasteiger charge is 2.53. The predicted molar refractivity (Wildman–Crippen MR) is 70.4 cm³/mol. The average molecular weight is 242 g/mol. The van der Waals surface area contributed by atoms with Gasteiger partial charge >= 0.3 is 0 Å². The Kier molecular flexibility index (Phi) is 1.79. The molecule has 2 heterocycles. The first-order chi connectivity index (χ1) is 8.82. The highest BCUT2D eigenvalue weighted by atomic mass is 15.1. The lowest BCUT2D eigenvalue weighted by Gasteiger charge is -2.56. The van der Waals surface area contributed by atoms with Crippen LogP contribution in [-0.2, 0) is 18.4 Å². The Morgan fingerprint density at radius 3 is 2.39 bits per heavy atom. The lowest BCUT2D eigenvalue weighted by atomic mass is 9.49. The third kappa shape index (κ3) is 1.17. The highest BCUT2D eigenvalue weighted by Crippen LogP contribution is 2.60. The monoisotopic (exact) mass is 242 g/mol. The minimum atomic E-state index is 0.546. The van der Waals surface area contributed by atoms with Crippen LogP contribution in [0.5, 0.6) is 0 Å². The number of hydrogen-bond acceptors (Lipinski definition) is 1. The number of aromatic nitrogens is 2. The molecule has 2 heteroatoms. The molecule has 0 unspecified atom stereocenters. The van der Waals surface area contributed by atoms with E-state index in [0.717, 1.165) is 17.8 Å². The van der Waals surface area contributed by atoms with Crippen LogP contribution in [0.4, 0.5) is 0 Å². The van der Waals surface area contributed by atoms with Gasteiger partial charge in [-0.15, -0.1) is 0 Å². The molecule has 2 nitrogen and oxygen atoms in total. The normalized spacial score (nSPS) is 44.6. The zero-order valence-electron chi connectivity index (χ0n) is 11.1. The summed E-state index contributed by atoms with van der Waals surface area (Å²) in [7, 11) is 0. The van der Waals surface area contributed by atoms with Gasteiger partial charge in [-0.1, -0.05) is 0 Å². The fraction of sp³-hybridized carbons (Fsp3) is 0.812. The number of imidazole rings is 1. The van der Waals surface area contributed by atoms with Gasteiger partial charge in [0.2, 0.25) is 0 Å². The zero-order chi connectivity index (χ0) is 11.7. The summed E-state index contributed by atoms with van der Waals surface area (Å²) >= 11 is 0. The Hall–Kier alpha value is -0.790. The van der Waals surface area contributed by atoms with E-state index in [2.05, 4.69) is 10.8 Å². The maximum absolute atomic E-state index is 4.72. The molecule has 0 saturated heterocycles. The topological polar surface area (TPSA) is 17.8 Å². The van der Waals surface area contributed by atoms with Crippen LogP contribution in [0.15, 0.2) is 6.20 Å². The Morgan fingerprint density at radius 1 is 1.06 bits per heavy atom. The van der Waals surface area contributed by atoms with Gasteiger partial charge in [-0.05, 0) is 62.7 Å². The number of nitrogens with zero attached hydrogens (tertiary/aromatic N) is 2. The minimum Gasteiger partial charge on any atom is -0.331 e. The summed E-state index contributed by atoms with van der Waals surface area (Å²) < 4.78 is 2.59. The van der Waals surface area contributed by atoms with Gasteiger partial charge in [0.05, 0.1) is 0 Å². The Bertz CT molecular complexity index is 464. The van der Waals surface area contributed by atoms with Gasteiger partial charge in [0.15, 0.2) is 0 Å². The fourth-order valence-electron chi connectivity index (χ4n) is 6.11. The zero-order valence-corrected chi connectivity index (χ0v) is 11.1. The van der Waals surface area contributed by atoms with Crippen LogP contribution in [0, 0.1) is 17.8 Å². The number of fused-ring (bicyclic) bond motifs is 1. The summed E-state index contributed by atoms with van der Waals surface area (Å²) in [5, 5.41) is 0. The molecular formula is C16H22N2. The summed E-state index contributed by atoms with van der Waals surface area (Å²) in [6.45, 7) is 1.24. The van der Waals surface area contributed by atoms with Crippen molar-refractivity contribution in [3.05, 3.63) is 17.7 Å². The van der Waals surface area contributed by atoms with E-state index < -0.39 is 0 Å². The first kappa shape index (κ1) is 10.1. The fourth-order valence-corrected chi connectivity index (χ4v) is 6.11. The van der Waals surface area contributed by atoms with Gasteiger partial charge in [0, 0.05) is 30.3 Å². The van der Waals surface area contributed by atoms with Crippen LogP contribution in [0.25, 0.3) is 0 Å². The third-order valence-electron chi connectivity index (χ3n) is 6.30. The molecule has 1 aromatic heterocycles. The largest absolute Gasteiger partial charge is 0.331 e. The lowest BCUT2D eigenvalue weighted by molar-refractivity contribution is -0.00872. The van der Waals surface area contributed by atoms with Crippen molar-refractivity contribution in [2.75, 3.05) is 0 Å². The van der Waals surface area contributed by atoms with Gasteiger partial charge in [-0.2, -0.15) is 0 Å². The summed E-state index contributed by atoms with van der Waals surface area (Å²) in [6.07, 6.45) is 13.8. The van der Waals surface area contributed by atoms with Crippen LogP contribution in [-0.4, -0.2) is 9.55 Å². The molecule has 0 radical (unpaired) electrons. The van der Waals surface area contributed by atoms with E-state index in [1.54, 1.807) is 25.0 Å². The lowest BCUT2D eigenvalue weighted by Crippen LogP contribution is -2.49. The second-order valence-corrected chi connectivity index (χ2v) is 7.51. The molecule has 4 saturated carbocycles. The molecular weight excluding hydrogens is 220 g/mol. The molecule has 1 aromatic rings. The molecule has 5 aliphatic rings. The predicted octanol–water partition coefficient (Wildman–Crippen LogP) is 3.30. The van der Waals surface area contributed by atoms with E-state index in [1.165, 1.54) is 44.5 Å². The van der Waals surface area contributed by atoms with E-state index in [0.29, 0.717) is 5.41 Å². The maximum atomic E-state index is 4.72. The summed E-state index contributed by atoms with van der Waals surface area (Å²) in [5.74, 6) is 4.51. The van der Waals surface area contributed by atoms with Crippen molar-refractivity contribution in [3.63, 3.8) is 0 Å².